The standard InChI is InChI=1S/C7H12NP/c1-5(2)7(4-8)6(3)9/h4,8H,3,9H2,1-2H3. The van der Waals surface area contributed by atoms with Crippen molar-refractivity contribution in [3.63, 3.8) is 0 Å². The van der Waals surface area contributed by atoms with Crippen molar-refractivity contribution in [3.05, 3.63) is 23.0 Å². The van der Waals surface area contributed by atoms with Crippen LogP contribution in [0.5, 0.6) is 0 Å². The highest BCUT2D eigenvalue weighted by molar-refractivity contribution is 7.23. The zero-order valence-electron chi connectivity index (χ0n) is 5.86. The van der Waals surface area contributed by atoms with Crippen molar-refractivity contribution >= 4 is 15.5 Å². The molecule has 2 heteroatoms. The molecule has 0 spiro atoms. The normalized spacial score (nSPS) is 8.33. The quantitative estimate of drug-likeness (QED) is 0.347. The molecule has 0 aromatic heterocycles. The summed E-state index contributed by atoms with van der Waals surface area (Å²) in [4.78, 5) is 0. The first-order chi connectivity index (χ1) is 4.09. The Morgan fingerprint density at radius 3 is 2.00 bits per heavy atom. The third-order valence-corrected chi connectivity index (χ3v) is 1.34. The van der Waals surface area contributed by atoms with E-state index in [0.29, 0.717) is 0 Å². The Morgan fingerprint density at radius 1 is 1.56 bits per heavy atom. The van der Waals surface area contributed by atoms with Gasteiger partial charge < -0.3 is 5.41 Å². The summed E-state index contributed by atoms with van der Waals surface area (Å²) in [6.07, 6.45) is 1.32. The molecular weight excluding hydrogens is 129 g/mol. The van der Waals surface area contributed by atoms with Gasteiger partial charge in [0.15, 0.2) is 0 Å². The van der Waals surface area contributed by atoms with Gasteiger partial charge in [0.05, 0.1) is 0 Å². The fourth-order valence-corrected chi connectivity index (χ4v) is 0.930. The van der Waals surface area contributed by atoms with E-state index in [9.17, 15) is 0 Å². The van der Waals surface area contributed by atoms with Crippen molar-refractivity contribution in [1.82, 2.24) is 0 Å². The van der Waals surface area contributed by atoms with Gasteiger partial charge in [0.1, 0.15) is 0 Å². The van der Waals surface area contributed by atoms with E-state index in [1.54, 1.807) is 0 Å². The van der Waals surface area contributed by atoms with Crippen molar-refractivity contribution in [2.24, 2.45) is 0 Å². The van der Waals surface area contributed by atoms with Gasteiger partial charge in [0.2, 0.25) is 0 Å². The molecule has 0 aromatic carbocycles. The summed E-state index contributed by atoms with van der Waals surface area (Å²) < 4.78 is 0. The number of hydrogen-bond donors (Lipinski definition) is 1. The molecule has 0 saturated heterocycles. The Balaban J connectivity index is 4.55. The predicted molar refractivity (Wildman–Crippen MR) is 46.0 cm³/mol. The third kappa shape index (κ3) is 2.57. The minimum absolute atomic E-state index is 0.880. The molecule has 0 fully saturated rings. The summed E-state index contributed by atoms with van der Waals surface area (Å²) >= 11 is 0. The molecule has 50 valence electrons. The monoisotopic (exact) mass is 141 g/mol. The highest BCUT2D eigenvalue weighted by atomic mass is 31.0. The minimum Gasteiger partial charge on any atom is -0.308 e. The molecule has 0 aliphatic heterocycles. The van der Waals surface area contributed by atoms with Crippen LogP contribution in [0.4, 0.5) is 0 Å². The third-order valence-electron chi connectivity index (χ3n) is 1.03. The van der Waals surface area contributed by atoms with Gasteiger partial charge in [-0.2, -0.15) is 0 Å². The molecule has 0 radical (unpaired) electrons. The van der Waals surface area contributed by atoms with Gasteiger partial charge in [0.25, 0.3) is 0 Å². The van der Waals surface area contributed by atoms with Crippen LogP contribution in [0.1, 0.15) is 13.8 Å². The maximum atomic E-state index is 6.96. The van der Waals surface area contributed by atoms with E-state index in [4.69, 9.17) is 5.41 Å². The SMILES string of the molecule is C=C(P)C(C=N)=C(C)C. The first-order valence-corrected chi connectivity index (χ1v) is 3.30. The fraction of sp³-hybridized carbons (Fsp3) is 0.286. The Bertz CT molecular complexity index is 164. The average Bonchev–Trinajstić information content (AvgIpc) is 1.64. The predicted octanol–water partition coefficient (Wildman–Crippen LogP) is 2.36. The Morgan fingerprint density at radius 2 is 2.00 bits per heavy atom. The summed E-state index contributed by atoms with van der Waals surface area (Å²) in [6, 6.07) is 0. The second-order valence-corrected chi connectivity index (χ2v) is 2.78. The second kappa shape index (κ2) is 3.58. The highest BCUT2D eigenvalue weighted by Gasteiger charge is 1.93. The zero-order chi connectivity index (χ0) is 7.44. The van der Waals surface area contributed by atoms with Gasteiger partial charge in [-0.25, -0.2) is 0 Å². The largest absolute Gasteiger partial charge is 0.308 e. The van der Waals surface area contributed by atoms with Crippen LogP contribution < -0.4 is 0 Å². The molecule has 0 heterocycles. The molecule has 0 saturated carbocycles. The van der Waals surface area contributed by atoms with E-state index < -0.39 is 0 Å². The van der Waals surface area contributed by atoms with Crippen LogP contribution in [0.15, 0.2) is 23.0 Å². The molecule has 1 N–H and O–H groups in total. The van der Waals surface area contributed by atoms with Crippen LogP contribution in [0.3, 0.4) is 0 Å². The number of nitrogens with one attached hydrogen (secondary N) is 1. The molecule has 9 heavy (non-hydrogen) atoms. The smallest absolute Gasteiger partial charge is 0.0255 e. The number of allylic oxidation sites excluding steroid dienone is 3. The lowest BCUT2D eigenvalue weighted by Crippen LogP contribution is -1.84. The summed E-state index contributed by atoms with van der Waals surface area (Å²) in [5, 5.41) is 7.84. The van der Waals surface area contributed by atoms with E-state index in [2.05, 4.69) is 15.8 Å². The maximum Gasteiger partial charge on any atom is 0.0255 e. The summed E-state index contributed by atoms with van der Waals surface area (Å²) in [7, 11) is 2.48. The fourth-order valence-electron chi connectivity index (χ4n) is 0.558. The zero-order valence-corrected chi connectivity index (χ0v) is 7.02. The Kier molecular flexibility index (Phi) is 3.41. The topological polar surface area (TPSA) is 23.9 Å². The molecule has 1 atom stereocenters. The van der Waals surface area contributed by atoms with Crippen LogP contribution in [0.2, 0.25) is 0 Å². The van der Waals surface area contributed by atoms with Gasteiger partial charge in [-0.15, -0.1) is 9.24 Å². The van der Waals surface area contributed by atoms with Gasteiger partial charge in [-0.1, -0.05) is 12.2 Å². The van der Waals surface area contributed by atoms with Crippen molar-refractivity contribution < 1.29 is 0 Å². The van der Waals surface area contributed by atoms with Crippen LogP contribution in [0, 0.1) is 5.41 Å². The lowest BCUT2D eigenvalue weighted by Gasteiger charge is -1.99. The Hall–Kier alpha value is -0.420. The van der Waals surface area contributed by atoms with Crippen molar-refractivity contribution in [2.75, 3.05) is 0 Å². The van der Waals surface area contributed by atoms with E-state index in [1.807, 2.05) is 13.8 Å². The van der Waals surface area contributed by atoms with E-state index in [1.165, 1.54) is 6.21 Å². The van der Waals surface area contributed by atoms with Gasteiger partial charge in [-0.05, 0) is 24.7 Å². The molecular formula is C7H12NP. The van der Waals surface area contributed by atoms with Gasteiger partial charge >= 0.3 is 0 Å². The molecule has 1 unspecified atom stereocenters. The molecule has 0 aromatic rings. The molecule has 0 aliphatic carbocycles. The Labute approximate surface area is 58.6 Å². The van der Waals surface area contributed by atoms with Crippen molar-refractivity contribution in [3.8, 4) is 0 Å². The van der Waals surface area contributed by atoms with Crippen molar-refractivity contribution in [1.29, 1.82) is 5.41 Å². The van der Waals surface area contributed by atoms with Gasteiger partial charge in [0, 0.05) is 6.21 Å². The summed E-state index contributed by atoms with van der Waals surface area (Å²) in [6.45, 7) is 7.64. The van der Waals surface area contributed by atoms with Crippen LogP contribution in [-0.2, 0) is 0 Å². The van der Waals surface area contributed by atoms with Crippen LogP contribution >= 0.6 is 9.24 Å². The average molecular weight is 141 g/mol. The molecule has 0 rings (SSSR count). The van der Waals surface area contributed by atoms with E-state index in [0.717, 1.165) is 16.5 Å². The van der Waals surface area contributed by atoms with Crippen molar-refractivity contribution in [2.45, 2.75) is 13.8 Å². The van der Waals surface area contributed by atoms with Gasteiger partial charge in [-0.3, -0.25) is 0 Å². The highest BCUT2D eigenvalue weighted by Crippen LogP contribution is 2.15. The summed E-state index contributed by atoms with van der Waals surface area (Å²) in [5.74, 6) is 0. The van der Waals surface area contributed by atoms with E-state index >= 15 is 0 Å². The summed E-state index contributed by atoms with van der Waals surface area (Å²) in [5.41, 5.74) is 2.05. The molecule has 0 amide bonds. The molecule has 0 aliphatic rings. The first-order valence-electron chi connectivity index (χ1n) is 2.72. The minimum atomic E-state index is 0.880. The molecule has 1 nitrogen and oxygen atoms in total. The first kappa shape index (κ1) is 8.58. The van der Waals surface area contributed by atoms with Crippen LogP contribution in [-0.4, -0.2) is 6.21 Å². The number of hydrogen-bond acceptors (Lipinski definition) is 1. The lowest BCUT2D eigenvalue weighted by molar-refractivity contribution is 1.35. The van der Waals surface area contributed by atoms with Crippen LogP contribution in [0.25, 0.3) is 0 Å². The number of rotatable bonds is 2. The van der Waals surface area contributed by atoms with E-state index in [-0.39, 0.29) is 0 Å². The second-order valence-electron chi connectivity index (χ2n) is 2.08. The molecule has 0 bridgehead atoms. The maximum absolute atomic E-state index is 6.96. The lowest BCUT2D eigenvalue weighted by atomic mass is 10.2.